The van der Waals surface area contributed by atoms with Crippen molar-refractivity contribution < 1.29 is 0 Å². The molecule has 1 atom stereocenters. The topological polar surface area (TPSA) is 15.3 Å². The Morgan fingerprint density at radius 3 is 2.25 bits per heavy atom. The summed E-state index contributed by atoms with van der Waals surface area (Å²) in [5.74, 6) is 0.784. The van der Waals surface area contributed by atoms with E-state index in [1.54, 1.807) is 0 Å². The highest BCUT2D eigenvalue weighted by atomic mass is 15.6. The Labute approximate surface area is 50.8 Å². The van der Waals surface area contributed by atoms with E-state index < -0.39 is 0 Å². The van der Waals surface area contributed by atoms with Crippen LogP contribution in [0.5, 0.6) is 0 Å². The molecule has 48 valence electrons. The Morgan fingerprint density at radius 1 is 1.62 bits per heavy atom. The highest BCUT2D eigenvalue weighted by molar-refractivity contribution is 4.78. The van der Waals surface area contributed by atoms with Crippen LogP contribution < -0.4 is 5.43 Å². The summed E-state index contributed by atoms with van der Waals surface area (Å²) in [7, 11) is 2.07. The van der Waals surface area contributed by atoms with Crippen molar-refractivity contribution >= 4 is 0 Å². The molecule has 0 saturated carbocycles. The Hall–Kier alpha value is -0.0800. The summed E-state index contributed by atoms with van der Waals surface area (Å²) in [6, 6.07) is 0.736. The van der Waals surface area contributed by atoms with Crippen molar-refractivity contribution in [3.63, 3.8) is 0 Å². The summed E-state index contributed by atoms with van der Waals surface area (Å²) >= 11 is 0. The fourth-order valence-corrected chi connectivity index (χ4v) is 0.919. The lowest BCUT2D eigenvalue weighted by molar-refractivity contribution is 0.0477. The average Bonchev–Trinajstić information content (AvgIpc) is 1.57. The molecule has 0 amide bonds. The largest absolute Gasteiger partial charge is 0.251 e. The molecule has 8 heavy (non-hydrogen) atoms. The van der Waals surface area contributed by atoms with Gasteiger partial charge in [0.15, 0.2) is 0 Å². The van der Waals surface area contributed by atoms with Crippen LogP contribution in [0.25, 0.3) is 0 Å². The summed E-state index contributed by atoms with van der Waals surface area (Å²) in [5.41, 5.74) is 3.28. The Kier molecular flexibility index (Phi) is 1.54. The molecule has 0 unspecified atom stereocenters. The second-order valence-corrected chi connectivity index (χ2v) is 2.86. The lowest BCUT2D eigenvalue weighted by Crippen LogP contribution is -2.61. The van der Waals surface area contributed by atoms with Crippen molar-refractivity contribution in [2.75, 3.05) is 13.6 Å². The minimum absolute atomic E-state index is 0.736. The quantitative estimate of drug-likeness (QED) is 0.533. The van der Waals surface area contributed by atoms with Gasteiger partial charge in [-0.1, -0.05) is 13.8 Å². The number of hydrogen-bond acceptors (Lipinski definition) is 2. The average molecular weight is 114 g/mol. The molecule has 2 nitrogen and oxygen atoms in total. The first-order chi connectivity index (χ1) is 3.70. The maximum Gasteiger partial charge on any atom is 0.0379 e. The molecule has 0 aromatic heterocycles. The molecular weight excluding hydrogens is 100 g/mol. The van der Waals surface area contributed by atoms with Gasteiger partial charge < -0.3 is 0 Å². The lowest BCUT2D eigenvalue weighted by Gasteiger charge is -2.40. The predicted molar refractivity (Wildman–Crippen MR) is 34.4 cm³/mol. The van der Waals surface area contributed by atoms with E-state index in [9.17, 15) is 0 Å². The van der Waals surface area contributed by atoms with Crippen LogP contribution >= 0.6 is 0 Å². The third-order valence-corrected chi connectivity index (χ3v) is 1.66. The SMILES string of the molecule is CC(C)[C@H]1CN(C)N1. The van der Waals surface area contributed by atoms with Crippen LogP contribution in [0.2, 0.25) is 0 Å². The van der Waals surface area contributed by atoms with E-state index in [1.165, 1.54) is 6.54 Å². The maximum absolute atomic E-state index is 3.28. The number of rotatable bonds is 1. The first-order valence-corrected chi connectivity index (χ1v) is 3.17. The zero-order valence-corrected chi connectivity index (χ0v) is 5.81. The molecule has 0 aromatic carbocycles. The van der Waals surface area contributed by atoms with Gasteiger partial charge in [0.1, 0.15) is 0 Å². The minimum Gasteiger partial charge on any atom is -0.251 e. The fraction of sp³-hybridized carbons (Fsp3) is 1.00. The van der Waals surface area contributed by atoms with Gasteiger partial charge in [-0.2, -0.15) is 0 Å². The van der Waals surface area contributed by atoms with E-state index in [1.807, 2.05) is 0 Å². The van der Waals surface area contributed by atoms with Crippen LogP contribution in [0.3, 0.4) is 0 Å². The molecule has 0 aliphatic carbocycles. The third-order valence-electron chi connectivity index (χ3n) is 1.66. The molecule has 1 heterocycles. The summed E-state index contributed by atoms with van der Waals surface area (Å²) in [4.78, 5) is 0. The van der Waals surface area contributed by atoms with Crippen molar-refractivity contribution in [2.45, 2.75) is 19.9 Å². The van der Waals surface area contributed by atoms with E-state index in [0.717, 1.165) is 12.0 Å². The van der Waals surface area contributed by atoms with Crippen molar-refractivity contribution in [3.05, 3.63) is 0 Å². The van der Waals surface area contributed by atoms with Gasteiger partial charge >= 0.3 is 0 Å². The molecule has 0 bridgehead atoms. The van der Waals surface area contributed by atoms with Crippen molar-refractivity contribution in [1.29, 1.82) is 0 Å². The highest BCUT2D eigenvalue weighted by Gasteiger charge is 2.24. The number of nitrogens with zero attached hydrogens (tertiary/aromatic N) is 1. The standard InChI is InChI=1S/C6H14N2/c1-5(2)6-4-8(3)7-6/h5-7H,4H2,1-3H3/t6-/m1/s1. The van der Waals surface area contributed by atoms with Crippen LogP contribution in [0.4, 0.5) is 0 Å². The monoisotopic (exact) mass is 114 g/mol. The molecule has 1 N–H and O–H groups in total. The normalized spacial score (nSPS) is 30.8. The maximum atomic E-state index is 3.28. The zero-order valence-electron chi connectivity index (χ0n) is 5.81. The van der Waals surface area contributed by atoms with E-state index >= 15 is 0 Å². The van der Waals surface area contributed by atoms with Crippen molar-refractivity contribution in [2.24, 2.45) is 5.92 Å². The van der Waals surface area contributed by atoms with Crippen molar-refractivity contribution in [3.8, 4) is 0 Å². The molecule has 0 aromatic rings. The molecule has 0 spiro atoms. The smallest absolute Gasteiger partial charge is 0.0379 e. The van der Waals surface area contributed by atoms with Crippen LogP contribution in [0.1, 0.15) is 13.8 Å². The molecule has 1 aliphatic rings. The summed E-state index contributed by atoms with van der Waals surface area (Å²) in [5, 5.41) is 2.12. The predicted octanol–water partition coefficient (Wildman–Crippen LogP) is 0.461. The van der Waals surface area contributed by atoms with E-state index in [4.69, 9.17) is 0 Å². The van der Waals surface area contributed by atoms with Gasteiger partial charge in [0.25, 0.3) is 0 Å². The Morgan fingerprint density at radius 2 is 2.12 bits per heavy atom. The molecule has 1 rings (SSSR count). The van der Waals surface area contributed by atoms with Gasteiger partial charge in [-0.25, -0.2) is 5.01 Å². The summed E-state index contributed by atoms with van der Waals surface area (Å²) < 4.78 is 0. The number of likely N-dealkylation sites (N-methyl/N-ethyl adjacent to an activating group) is 1. The Bertz CT molecular complexity index is 74.6. The van der Waals surface area contributed by atoms with E-state index in [-0.39, 0.29) is 0 Å². The summed E-state index contributed by atoms with van der Waals surface area (Å²) in [6.45, 7) is 5.69. The fourth-order valence-electron chi connectivity index (χ4n) is 0.919. The third kappa shape index (κ3) is 1.01. The number of hydrogen-bond donors (Lipinski definition) is 1. The molecule has 1 saturated heterocycles. The first-order valence-electron chi connectivity index (χ1n) is 3.17. The van der Waals surface area contributed by atoms with Gasteiger partial charge in [0, 0.05) is 19.6 Å². The van der Waals surface area contributed by atoms with Crippen LogP contribution in [-0.2, 0) is 0 Å². The zero-order chi connectivity index (χ0) is 6.15. The molecular formula is C6H14N2. The van der Waals surface area contributed by atoms with Crippen molar-refractivity contribution in [1.82, 2.24) is 10.4 Å². The van der Waals surface area contributed by atoms with Gasteiger partial charge in [-0.3, -0.25) is 5.43 Å². The van der Waals surface area contributed by atoms with Gasteiger partial charge in [0.2, 0.25) is 0 Å². The van der Waals surface area contributed by atoms with Gasteiger partial charge in [-0.05, 0) is 5.92 Å². The molecule has 1 fully saturated rings. The molecule has 1 aliphatic heterocycles. The number of nitrogens with one attached hydrogen (secondary N) is 1. The second kappa shape index (κ2) is 2.03. The Balaban J connectivity index is 2.15. The summed E-state index contributed by atoms with van der Waals surface area (Å²) in [6.07, 6.45) is 0. The number of hydrazine groups is 1. The minimum atomic E-state index is 0.736. The first kappa shape index (κ1) is 6.05. The van der Waals surface area contributed by atoms with Crippen LogP contribution in [0, 0.1) is 5.92 Å². The molecule has 2 heteroatoms. The van der Waals surface area contributed by atoms with Crippen LogP contribution in [-0.4, -0.2) is 24.6 Å². The molecule has 0 radical (unpaired) electrons. The van der Waals surface area contributed by atoms with Gasteiger partial charge in [0.05, 0.1) is 0 Å². The highest BCUT2D eigenvalue weighted by Crippen LogP contribution is 2.09. The van der Waals surface area contributed by atoms with Gasteiger partial charge in [-0.15, -0.1) is 0 Å². The van der Waals surface area contributed by atoms with E-state index in [2.05, 4.69) is 31.3 Å². The lowest BCUT2D eigenvalue weighted by atomic mass is 10.0. The second-order valence-electron chi connectivity index (χ2n) is 2.86. The van der Waals surface area contributed by atoms with Crippen LogP contribution in [0.15, 0.2) is 0 Å². The van der Waals surface area contributed by atoms with E-state index in [0.29, 0.717) is 0 Å².